The summed E-state index contributed by atoms with van der Waals surface area (Å²) < 4.78 is 7.05. The molecule has 0 N–H and O–H groups in total. The first-order chi connectivity index (χ1) is 12.7. The van der Waals surface area contributed by atoms with E-state index in [2.05, 4.69) is 4.98 Å². The lowest BCUT2D eigenvalue weighted by Gasteiger charge is -2.07. The highest BCUT2D eigenvalue weighted by Gasteiger charge is 2.11. The number of carbonyl (C=O) groups excluding carboxylic acids is 1. The van der Waals surface area contributed by atoms with Crippen LogP contribution < -0.4 is 10.3 Å². The van der Waals surface area contributed by atoms with Crippen molar-refractivity contribution in [2.24, 2.45) is 0 Å². The number of ketones is 1. The van der Waals surface area contributed by atoms with Crippen LogP contribution in [0.25, 0.3) is 10.2 Å². The second kappa shape index (κ2) is 6.93. The van der Waals surface area contributed by atoms with Gasteiger partial charge in [0.05, 0.1) is 18.3 Å². The molecule has 2 heterocycles. The Morgan fingerprint density at radius 2 is 1.73 bits per heavy atom. The number of carbonyl (C=O) groups is 1. The highest BCUT2D eigenvalue weighted by molar-refractivity contribution is 7.16. The standard InChI is InChI=1S/C20H14N2O3S/c23-18(12-22-13-21-19-17(20(22)24)10-11-26-19)14-6-8-16(9-7-14)25-15-4-2-1-3-5-15/h1-11,13H,12H2. The lowest BCUT2D eigenvalue weighted by atomic mass is 10.1. The Hall–Kier alpha value is -3.25. The van der Waals surface area contributed by atoms with Gasteiger partial charge in [-0.25, -0.2) is 4.98 Å². The molecule has 0 bridgehead atoms. The summed E-state index contributed by atoms with van der Waals surface area (Å²) in [4.78, 5) is 29.8. The van der Waals surface area contributed by atoms with E-state index in [1.165, 1.54) is 22.2 Å². The fraction of sp³-hybridized carbons (Fsp3) is 0.0500. The quantitative estimate of drug-likeness (QED) is 0.501. The van der Waals surface area contributed by atoms with Gasteiger partial charge in [0.1, 0.15) is 16.3 Å². The van der Waals surface area contributed by atoms with Crippen molar-refractivity contribution in [2.75, 3.05) is 0 Å². The number of nitrogens with zero attached hydrogens (tertiary/aromatic N) is 2. The average Bonchev–Trinajstić information content (AvgIpc) is 3.15. The zero-order valence-corrected chi connectivity index (χ0v) is 14.5. The third kappa shape index (κ3) is 3.27. The van der Waals surface area contributed by atoms with Gasteiger partial charge in [-0.2, -0.15) is 0 Å². The minimum atomic E-state index is -0.200. The maximum absolute atomic E-state index is 12.5. The lowest BCUT2D eigenvalue weighted by molar-refractivity contribution is 0.0970. The van der Waals surface area contributed by atoms with Crippen LogP contribution in [0.4, 0.5) is 0 Å². The summed E-state index contributed by atoms with van der Waals surface area (Å²) in [7, 11) is 0. The number of ether oxygens (including phenoxy) is 1. The molecule has 128 valence electrons. The number of hydrogen-bond donors (Lipinski definition) is 0. The van der Waals surface area contributed by atoms with E-state index in [4.69, 9.17) is 4.74 Å². The van der Waals surface area contributed by atoms with E-state index in [1.807, 2.05) is 35.7 Å². The first-order valence-electron chi connectivity index (χ1n) is 7.99. The molecule has 4 rings (SSSR count). The Morgan fingerprint density at radius 3 is 2.50 bits per heavy atom. The average molecular weight is 362 g/mol. The van der Waals surface area contributed by atoms with Gasteiger partial charge in [-0.1, -0.05) is 18.2 Å². The smallest absolute Gasteiger partial charge is 0.262 e. The van der Waals surface area contributed by atoms with Crippen LogP contribution in [0, 0.1) is 0 Å². The summed E-state index contributed by atoms with van der Waals surface area (Å²) in [6.45, 7) is -0.0451. The van der Waals surface area contributed by atoms with Gasteiger partial charge in [-0.3, -0.25) is 14.2 Å². The van der Waals surface area contributed by atoms with Crippen LogP contribution in [0.1, 0.15) is 10.4 Å². The predicted molar refractivity (Wildman–Crippen MR) is 101 cm³/mol. The number of hydrogen-bond acceptors (Lipinski definition) is 5. The minimum absolute atomic E-state index is 0.0451. The van der Waals surface area contributed by atoms with Crippen molar-refractivity contribution in [1.29, 1.82) is 0 Å². The van der Waals surface area contributed by atoms with Crippen molar-refractivity contribution in [3.63, 3.8) is 0 Å². The highest BCUT2D eigenvalue weighted by atomic mass is 32.1. The summed E-state index contributed by atoms with van der Waals surface area (Å²) in [6.07, 6.45) is 1.42. The molecule has 2 aromatic heterocycles. The van der Waals surface area contributed by atoms with Crippen LogP contribution in [-0.4, -0.2) is 15.3 Å². The Balaban J connectivity index is 1.51. The summed E-state index contributed by atoms with van der Waals surface area (Å²) in [6, 6.07) is 18.0. The molecule has 0 aliphatic carbocycles. The molecule has 0 fully saturated rings. The maximum atomic E-state index is 12.5. The topological polar surface area (TPSA) is 61.2 Å². The van der Waals surface area contributed by atoms with E-state index in [0.29, 0.717) is 21.5 Å². The monoisotopic (exact) mass is 362 g/mol. The van der Waals surface area contributed by atoms with Gasteiger partial charge in [0, 0.05) is 5.56 Å². The van der Waals surface area contributed by atoms with Gasteiger partial charge < -0.3 is 4.74 Å². The van der Waals surface area contributed by atoms with E-state index >= 15 is 0 Å². The molecule has 0 radical (unpaired) electrons. The van der Waals surface area contributed by atoms with Crippen LogP contribution in [0.2, 0.25) is 0 Å². The molecule has 2 aromatic carbocycles. The van der Waals surface area contributed by atoms with Gasteiger partial charge in [0.2, 0.25) is 0 Å². The fourth-order valence-electron chi connectivity index (χ4n) is 2.59. The number of Topliss-reactive ketones (excluding diaryl/α,β-unsaturated/α-hetero) is 1. The fourth-order valence-corrected chi connectivity index (χ4v) is 3.31. The van der Waals surface area contributed by atoms with E-state index in [-0.39, 0.29) is 17.9 Å². The van der Waals surface area contributed by atoms with E-state index in [0.717, 1.165) is 5.75 Å². The van der Waals surface area contributed by atoms with Crippen molar-refractivity contribution < 1.29 is 9.53 Å². The number of para-hydroxylation sites is 1. The Labute approximate surface area is 153 Å². The number of thiophene rings is 1. The van der Waals surface area contributed by atoms with Crippen molar-refractivity contribution in [3.8, 4) is 11.5 Å². The van der Waals surface area contributed by atoms with Crippen molar-refractivity contribution in [3.05, 3.63) is 88.3 Å². The number of rotatable bonds is 5. The normalized spacial score (nSPS) is 10.8. The predicted octanol–water partition coefficient (Wildman–Crippen LogP) is 4.13. The molecule has 0 atom stereocenters. The molecular formula is C20H14N2O3S. The second-order valence-corrected chi connectivity index (χ2v) is 6.57. The summed E-state index contributed by atoms with van der Waals surface area (Å²) in [5.74, 6) is 1.22. The SMILES string of the molecule is O=C(Cn1cnc2sccc2c1=O)c1ccc(Oc2ccccc2)cc1. The Morgan fingerprint density at radius 1 is 1.00 bits per heavy atom. The Bertz CT molecular complexity index is 1120. The highest BCUT2D eigenvalue weighted by Crippen LogP contribution is 2.21. The molecule has 0 aliphatic rings. The lowest BCUT2D eigenvalue weighted by Crippen LogP contribution is -2.24. The van der Waals surface area contributed by atoms with Crippen LogP contribution >= 0.6 is 11.3 Å². The summed E-state index contributed by atoms with van der Waals surface area (Å²) in [5.41, 5.74) is 0.316. The van der Waals surface area contributed by atoms with Crippen LogP contribution in [0.5, 0.6) is 11.5 Å². The number of benzene rings is 2. The molecule has 0 unspecified atom stereocenters. The molecule has 5 nitrogen and oxygen atoms in total. The van der Waals surface area contributed by atoms with Crippen molar-refractivity contribution in [1.82, 2.24) is 9.55 Å². The zero-order chi connectivity index (χ0) is 17.9. The van der Waals surface area contributed by atoms with E-state index < -0.39 is 0 Å². The first-order valence-corrected chi connectivity index (χ1v) is 8.87. The van der Waals surface area contributed by atoms with Crippen molar-refractivity contribution in [2.45, 2.75) is 6.54 Å². The summed E-state index contributed by atoms with van der Waals surface area (Å²) >= 11 is 1.40. The van der Waals surface area contributed by atoms with Gasteiger partial charge in [0.25, 0.3) is 5.56 Å². The van der Waals surface area contributed by atoms with Gasteiger partial charge in [-0.15, -0.1) is 11.3 Å². The molecule has 6 heteroatoms. The van der Waals surface area contributed by atoms with Gasteiger partial charge in [0.15, 0.2) is 5.78 Å². The maximum Gasteiger partial charge on any atom is 0.262 e. The van der Waals surface area contributed by atoms with Crippen molar-refractivity contribution >= 4 is 27.3 Å². The Kier molecular flexibility index (Phi) is 4.33. The summed E-state index contributed by atoms with van der Waals surface area (Å²) in [5, 5.41) is 2.35. The number of aromatic nitrogens is 2. The van der Waals surface area contributed by atoms with E-state index in [9.17, 15) is 9.59 Å². The first kappa shape index (κ1) is 16.2. The third-order valence-corrected chi connectivity index (χ3v) is 4.74. The molecule has 0 saturated carbocycles. The van der Waals surface area contributed by atoms with E-state index in [1.54, 1.807) is 30.3 Å². The number of fused-ring (bicyclic) bond motifs is 1. The molecule has 0 aliphatic heterocycles. The van der Waals surface area contributed by atoms with Crippen LogP contribution in [-0.2, 0) is 6.54 Å². The molecule has 0 spiro atoms. The van der Waals surface area contributed by atoms with Crippen LogP contribution in [0.15, 0.2) is 77.2 Å². The molecular weight excluding hydrogens is 348 g/mol. The van der Waals surface area contributed by atoms with Crippen LogP contribution in [0.3, 0.4) is 0 Å². The van der Waals surface area contributed by atoms with Gasteiger partial charge >= 0.3 is 0 Å². The largest absolute Gasteiger partial charge is 0.457 e. The zero-order valence-electron chi connectivity index (χ0n) is 13.7. The molecule has 0 amide bonds. The molecule has 4 aromatic rings. The molecule has 26 heavy (non-hydrogen) atoms. The van der Waals surface area contributed by atoms with Gasteiger partial charge in [-0.05, 0) is 47.8 Å². The second-order valence-electron chi connectivity index (χ2n) is 5.68. The third-order valence-electron chi connectivity index (χ3n) is 3.92. The molecule has 0 saturated heterocycles. The minimum Gasteiger partial charge on any atom is -0.457 e.